The molecule has 2 aromatic rings. The van der Waals surface area contributed by atoms with Crippen molar-refractivity contribution >= 4 is 11.8 Å². The molecule has 0 spiro atoms. The Bertz CT molecular complexity index is 961. The monoisotopic (exact) mass is 450 g/mol. The zero-order chi connectivity index (χ0) is 23.3. The van der Waals surface area contributed by atoms with Crippen molar-refractivity contribution in [3.05, 3.63) is 59.2 Å². The maximum atomic E-state index is 12.6. The summed E-state index contributed by atoms with van der Waals surface area (Å²) in [5.41, 5.74) is 0.797. The van der Waals surface area contributed by atoms with Gasteiger partial charge in [-0.05, 0) is 41.8 Å². The van der Waals surface area contributed by atoms with Crippen LogP contribution in [0.5, 0.6) is 11.5 Å². The molecular weight excluding hydrogens is 425 g/mol. The van der Waals surface area contributed by atoms with Crippen LogP contribution in [0.25, 0.3) is 0 Å². The lowest BCUT2D eigenvalue weighted by atomic mass is 10.1. The topological polar surface area (TPSA) is 67.9 Å². The summed E-state index contributed by atoms with van der Waals surface area (Å²) in [6, 6.07) is 10.2. The van der Waals surface area contributed by atoms with Crippen molar-refractivity contribution in [3.63, 3.8) is 0 Å². The van der Waals surface area contributed by atoms with Crippen molar-refractivity contribution in [2.75, 3.05) is 27.3 Å². The summed E-state index contributed by atoms with van der Waals surface area (Å²) in [6.45, 7) is 0.884. The third-order valence-corrected chi connectivity index (χ3v) is 5.45. The van der Waals surface area contributed by atoms with E-state index in [1.807, 2.05) is 12.1 Å². The number of halogens is 3. The number of hydrogen-bond donors (Lipinski definition) is 1. The van der Waals surface area contributed by atoms with Gasteiger partial charge in [-0.25, -0.2) is 0 Å². The highest BCUT2D eigenvalue weighted by atomic mass is 19.4. The molecule has 0 aromatic heterocycles. The minimum Gasteiger partial charge on any atom is -0.493 e. The summed E-state index contributed by atoms with van der Waals surface area (Å²) in [7, 11) is 3.11. The van der Waals surface area contributed by atoms with Crippen LogP contribution in [0.1, 0.15) is 23.1 Å². The van der Waals surface area contributed by atoms with Crippen LogP contribution in [-0.2, 0) is 28.7 Å². The van der Waals surface area contributed by atoms with Gasteiger partial charge in [0.25, 0.3) is 0 Å². The number of ether oxygens (including phenoxy) is 2. The van der Waals surface area contributed by atoms with Gasteiger partial charge >= 0.3 is 6.18 Å². The standard InChI is InChI=1S/C23H25F3N2O4/c1-31-19-8-5-15(11-20(19)32-2)9-10-28-14-17(12-21(28)29)22(30)27-13-16-3-6-18(7-4-16)23(24,25)26/h3-8,11,17H,9-10,12-14H2,1-2H3,(H,27,30). The predicted octanol–water partition coefficient (Wildman–Crippen LogP) is 3.43. The van der Waals surface area contributed by atoms with Gasteiger partial charge in [-0.15, -0.1) is 0 Å². The summed E-state index contributed by atoms with van der Waals surface area (Å²) in [5, 5.41) is 2.71. The highest BCUT2D eigenvalue weighted by molar-refractivity contribution is 5.89. The lowest BCUT2D eigenvalue weighted by Crippen LogP contribution is -2.33. The second kappa shape index (κ2) is 9.93. The van der Waals surface area contributed by atoms with Crippen molar-refractivity contribution in [1.29, 1.82) is 0 Å². The van der Waals surface area contributed by atoms with Crippen LogP contribution in [0.15, 0.2) is 42.5 Å². The summed E-state index contributed by atoms with van der Waals surface area (Å²) >= 11 is 0. The van der Waals surface area contributed by atoms with Gasteiger partial charge in [0.1, 0.15) is 0 Å². The third-order valence-electron chi connectivity index (χ3n) is 5.45. The molecule has 1 fully saturated rings. The molecule has 0 radical (unpaired) electrons. The zero-order valence-corrected chi connectivity index (χ0v) is 17.9. The Hall–Kier alpha value is -3.23. The lowest BCUT2D eigenvalue weighted by Gasteiger charge is -2.17. The number of nitrogens with zero attached hydrogens (tertiary/aromatic N) is 1. The molecule has 32 heavy (non-hydrogen) atoms. The molecule has 2 amide bonds. The quantitative estimate of drug-likeness (QED) is 0.669. The Morgan fingerprint density at radius 2 is 1.72 bits per heavy atom. The van der Waals surface area contributed by atoms with E-state index in [1.165, 1.54) is 12.1 Å². The number of amides is 2. The van der Waals surface area contributed by atoms with E-state index < -0.39 is 17.7 Å². The van der Waals surface area contributed by atoms with Gasteiger partial charge < -0.3 is 19.7 Å². The first-order chi connectivity index (χ1) is 15.2. The van der Waals surface area contributed by atoms with Crippen LogP contribution >= 0.6 is 0 Å². The molecule has 9 heteroatoms. The van der Waals surface area contributed by atoms with E-state index in [1.54, 1.807) is 25.2 Å². The Morgan fingerprint density at radius 3 is 2.34 bits per heavy atom. The molecule has 1 heterocycles. The maximum absolute atomic E-state index is 12.6. The average Bonchev–Trinajstić information content (AvgIpc) is 3.16. The number of carbonyl (C=O) groups excluding carboxylic acids is 2. The van der Waals surface area contributed by atoms with Crippen molar-refractivity contribution in [2.45, 2.75) is 25.6 Å². The fourth-order valence-electron chi connectivity index (χ4n) is 3.61. The maximum Gasteiger partial charge on any atom is 0.416 e. The molecule has 1 saturated heterocycles. The highest BCUT2D eigenvalue weighted by Crippen LogP contribution is 2.29. The van der Waals surface area contributed by atoms with Gasteiger partial charge in [0.05, 0.1) is 25.7 Å². The number of likely N-dealkylation sites (tertiary alicyclic amines) is 1. The number of benzene rings is 2. The summed E-state index contributed by atoms with van der Waals surface area (Å²) in [4.78, 5) is 26.5. The minimum atomic E-state index is -4.40. The molecule has 2 aromatic carbocycles. The van der Waals surface area contributed by atoms with Crippen molar-refractivity contribution in [1.82, 2.24) is 10.2 Å². The first-order valence-electron chi connectivity index (χ1n) is 10.1. The molecule has 1 unspecified atom stereocenters. The van der Waals surface area contributed by atoms with Gasteiger partial charge in [-0.2, -0.15) is 13.2 Å². The van der Waals surface area contributed by atoms with E-state index >= 15 is 0 Å². The highest BCUT2D eigenvalue weighted by Gasteiger charge is 2.34. The zero-order valence-electron chi connectivity index (χ0n) is 17.9. The summed E-state index contributed by atoms with van der Waals surface area (Å²) < 4.78 is 48.4. The molecule has 172 valence electrons. The molecule has 0 saturated carbocycles. The molecule has 3 rings (SSSR count). The Labute approximate surface area is 184 Å². The van der Waals surface area contributed by atoms with Crippen molar-refractivity contribution < 1.29 is 32.2 Å². The van der Waals surface area contributed by atoms with E-state index in [0.717, 1.165) is 17.7 Å². The van der Waals surface area contributed by atoms with Crippen LogP contribution in [0.4, 0.5) is 13.2 Å². The second-order valence-electron chi connectivity index (χ2n) is 7.59. The number of carbonyl (C=O) groups is 2. The molecular formula is C23H25F3N2O4. The SMILES string of the molecule is COc1ccc(CCN2CC(C(=O)NCc3ccc(C(F)(F)F)cc3)CC2=O)cc1OC. The van der Waals surface area contributed by atoms with Crippen LogP contribution in [-0.4, -0.2) is 44.0 Å². The van der Waals surface area contributed by atoms with Crippen LogP contribution in [0.2, 0.25) is 0 Å². The van der Waals surface area contributed by atoms with E-state index in [9.17, 15) is 22.8 Å². The number of methoxy groups -OCH3 is 2. The van der Waals surface area contributed by atoms with E-state index in [0.29, 0.717) is 36.6 Å². The largest absolute Gasteiger partial charge is 0.493 e. The normalized spacial score (nSPS) is 16.2. The third kappa shape index (κ3) is 5.72. The van der Waals surface area contributed by atoms with Crippen LogP contribution in [0, 0.1) is 5.92 Å². The molecule has 1 aliphatic rings. The fourth-order valence-corrected chi connectivity index (χ4v) is 3.61. The fraction of sp³-hybridized carbons (Fsp3) is 0.391. The molecule has 6 nitrogen and oxygen atoms in total. The first kappa shape index (κ1) is 23.4. The molecule has 0 aliphatic carbocycles. The number of alkyl halides is 3. The van der Waals surface area contributed by atoms with Crippen LogP contribution < -0.4 is 14.8 Å². The number of rotatable bonds is 8. The van der Waals surface area contributed by atoms with Gasteiger partial charge in [0.15, 0.2) is 11.5 Å². The number of hydrogen-bond acceptors (Lipinski definition) is 4. The van der Waals surface area contributed by atoms with Gasteiger partial charge in [-0.3, -0.25) is 9.59 Å². The lowest BCUT2D eigenvalue weighted by molar-refractivity contribution is -0.137. The molecule has 1 aliphatic heterocycles. The van der Waals surface area contributed by atoms with Crippen LogP contribution in [0.3, 0.4) is 0 Å². The van der Waals surface area contributed by atoms with E-state index in [-0.39, 0.29) is 24.8 Å². The molecule has 1 atom stereocenters. The molecule has 1 N–H and O–H groups in total. The average molecular weight is 450 g/mol. The molecule has 0 bridgehead atoms. The van der Waals surface area contributed by atoms with Crippen molar-refractivity contribution in [2.24, 2.45) is 5.92 Å². The summed E-state index contributed by atoms with van der Waals surface area (Å²) in [6.07, 6.45) is -3.68. The number of nitrogens with one attached hydrogen (secondary N) is 1. The predicted molar refractivity (Wildman–Crippen MR) is 111 cm³/mol. The van der Waals surface area contributed by atoms with Gasteiger partial charge in [0.2, 0.25) is 11.8 Å². The van der Waals surface area contributed by atoms with Gasteiger partial charge in [0, 0.05) is 26.1 Å². The van der Waals surface area contributed by atoms with E-state index in [2.05, 4.69) is 5.32 Å². The minimum absolute atomic E-state index is 0.0971. The Morgan fingerprint density at radius 1 is 1.06 bits per heavy atom. The first-order valence-corrected chi connectivity index (χ1v) is 10.1. The Balaban J connectivity index is 1.50. The summed E-state index contributed by atoms with van der Waals surface area (Å²) in [5.74, 6) is 0.367. The van der Waals surface area contributed by atoms with Gasteiger partial charge in [-0.1, -0.05) is 18.2 Å². The van der Waals surface area contributed by atoms with E-state index in [4.69, 9.17) is 9.47 Å². The second-order valence-corrected chi connectivity index (χ2v) is 7.59. The van der Waals surface area contributed by atoms with Crippen molar-refractivity contribution in [3.8, 4) is 11.5 Å². The Kier molecular flexibility index (Phi) is 7.27. The smallest absolute Gasteiger partial charge is 0.416 e.